The third-order valence-corrected chi connectivity index (χ3v) is 2.30. The lowest BCUT2D eigenvalue weighted by molar-refractivity contribution is 0.453. The maximum absolute atomic E-state index is 2.35. The summed E-state index contributed by atoms with van der Waals surface area (Å²) >= 11 is 0. The van der Waals surface area contributed by atoms with Crippen LogP contribution in [0.1, 0.15) is 53.9 Å². The van der Waals surface area contributed by atoms with E-state index in [1.165, 1.54) is 19.3 Å². The summed E-state index contributed by atoms with van der Waals surface area (Å²) in [5.41, 5.74) is 0. The minimum absolute atomic E-state index is 0.706. The fourth-order valence-electron chi connectivity index (χ4n) is 1.32. The summed E-state index contributed by atoms with van der Waals surface area (Å²) in [6, 6.07) is 0. The molecular weight excluding hydrogens is 156 g/mol. The summed E-state index contributed by atoms with van der Waals surface area (Å²) in [4.78, 5) is 0. The first-order chi connectivity index (χ1) is 6.02. The topological polar surface area (TPSA) is 0 Å². The smallest absolute Gasteiger partial charge is 0.0290 e. The standard InChI is InChI=1S/C13H26/c1-11(2)7-6-8-13(5)10-9-12(3)4/h6-7,11-13H,8-10H2,1-5H3/b7-6+/t13-/m1/s1. The Morgan fingerprint density at radius 3 is 2.00 bits per heavy atom. The number of hydrogen-bond donors (Lipinski definition) is 0. The molecule has 0 aromatic carbocycles. The summed E-state index contributed by atoms with van der Waals surface area (Å²) < 4.78 is 0. The van der Waals surface area contributed by atoms with Gasteiger partial charge in [-0.1, -0.05) is 59.6 Å². The highest BCUT2D eigenvalue weighted by atomic mass is 14.1. The van der Waals surface area contributed by atoms with Crippen molar-refractivity contribution in [3.05, 3.63) is 12.2 Å². The van der Waals surface area contributed by atoms with E-state index < -0.39 is 0 Å². The van der Waals surface area contributed by atoms with Crippen LogP contribution in [-0.4, -0.2) is 0 Å². The molecule has 0 unspecified atom stereocenters. The van der Waals surface area contributed by atoms with E-state index >= 15 is 0 Å². The van der Waals surface area contributed by atoms with Crippen LogP contribution >= 0.6 is 0 Å². The van der Waals surface area contributed by atoms with E-state index in [9.17, 15) is 0 Å². The van der Waals surface area contributed by atoms with Gasteiger partial charge in [-0.25, -0.2) is 0 Å². The maximum atomic E-state index is 2.35. The summed E-state index contributed by atoms with van der Waals surface area (Å²) in [6.07, 6.45) is 8.66. The van der Waals surface area contributed by atoms with Gasteiger partial charge in [0.2, 0.25) is 0 Å². The Morgan fingerprint density at radius 1 is 0.923 bits per heavy atom. The highest BCUT2D eigenvalue weighted by Crippen LogP contribution is 2.15. The van der Waals surface area contributed by atoms with Crippen molar-refractivity contribution >= 4 is 0 Å². The van der Waals surface area contributed by atoms with Gasteiger partial charge in [-0.2, -0.15) is 0 Å². The van der Waals surface area contributed by atoms with Crippen LogP contribution in [0.5, 0.6) is 0 Å². The SMILES string of the molecule is CC(C)/C=C/C[C@@H](C)CCC(C)C. The average molecular weight is 182 g/mol. The molecule has 0 fully saturated rings. The molecule has 0 N–H and O–H groups in total. The normalized spacial score (nSPS) is 14.7. The highest BCUT2D eigenvalue weighted by molar-refractivity contribution is 4.85. The van der Waals surface area contributed by atoms with Gasteiger partial charge in [-0.3, -0.25) is 0 Å². The van der Waals surface area contributed by atoms with Gasteiger partial charge in [0.25, 0.3) is 0 Å². The Balaban J connectivity index is 3.45. The van der Waals surface area contributed by atoms with Gasteiger partial charge in [0.15, 0.2) is 0 Å². The molecule has 0 radical (unpaired) electrons. The van der Waals surface area contributed by atoms with E-state index in [0.717, 1.165) is 11.8 Å². The molecule has 0 aromatic heterocycles. The molecule has 0 nitrogen and oxygen atoms in total. The lowest BCUT2D eigenvalue weighted by Crippen LogP contribution is -1.96. The zero-order valence-corrected chi connectivity index (χ0v) is 10.0. The highest BCUT2D eigenvalue weighted by Gasteiger charge is 2.01. The second kappa shape index (κ2) is 7.17. The molecule has 78 valence electrons. The first-order valence-corrected chi connectivity index (χ1v) is 5.69. The number of allylic oxidation sites excluding steroid dienone is 2. The van der Waals surface area contributed by atoms with Gasteiger partial charge in [-0.05, 0) is 24.2 Å². The Kier molecular flexibility index (Phi) is 7.03. The largest absolute Gasteiger partial charge is 0.0880 e. The molecule has 0 rings (SSSR count). The van der Waals surface area contributed by atoms with Crippen molar-refractivity contribution in [2.24, 2.45) is 17.8 Å². The van der Waals surface area contributed by atoms with Crippen LogP contribution in [0.3, 0.4) is 0 Å². The van der Waals surface area contributed by atoms with Crippen molar-refractivity contribution < 1.29 is 0 Å². The second-order valence-electron chi connectivity index (χ2n) is 4.98. The lowest BCUT2D eigenvalue weighted by Gasteiger charge is -2.10. The van der Waals surface area contributed by atoms with E-state index in [4.69, 9.17) is 0 Å². The minimum Gasteiger partial charge on any atom is -0.0880 e. The number of rotatable bonds is 6. The van der Waals surface area contributed by atoms with Crippen LogP contribution in [0.2, 0.25) is 0 Å². The van der Waals surface area contributed by atoms with Crippen LogP contribution in [-0.2, 0) is 0 Å². The molecule has 0 aliphatic rings. The molecule has 0 amide bonds. The van der Waals surface area contributed by atoms with Crippen molar-refractivity contribution in [2.45, 2.75) is 53.9 Å². The van der Waals surface area contributed by atoms with E-state index in [1.807, 2.05) is 0 Å². The molecule has 0 saturated carbocycles. The molecule has 0 aliphatic heterocycles. The number of hydrogen-bond acceptors (Lipinski definition) is 0. The predicted octanol–water partition coefficient (Wildman–Crippen LogP) is 4.66. The fraction of sp³-hybridized carbons (Fsp3) is 0.846. The summed E-state index contributed by atoms with van der Waals surface area (Å²) in [5.74, 6) is 2.42. The summed E-state index contributed by atoms with van der Waals surface area (Å²) in [5, 5.41) is 0. The molecule has 13 heavy (non-hydrogen) atoms. The average Bonchev–Trinajstić information content (AvgIpc) is 2.00. The van der Waals surface area contributed by atoms with Gasteiger partial charge < -0.3 is 0 Å². The summed E-state index contributed by atoms with van der Waals surface area (Å²) in [7, 11) is 0. The third kappa shape index (κ3) is 9.66. The maximum Gasteiger partial charge on any atom is -0.0290 e. The van der Waals surface area contributed by atoms with Gasteiger partial charge in [0, 0.05) is 0 Å². The van der Waals surface area contributed by atoms with Crippen molar-refractivity contribution in [3.63, 3.8) is 0 Å². The third-order valence-electron chi connectivity index (χ3n) is 2.30. The van der Waals surface area contributed by atoms with Crippen LogP contribution in [0.15, 0.2) is 12.2 Å². The van der Waals surface area contributed by atoms with Crippen molar-refractivity contribution in [1.82, 2.24) is 0 Å². The monoisotopic (exact) mass is 182 g/mol. The molecule has 1 atom stereocenters. The van der Waals surface area contributed by atoms with Crippen molar-refractivity contribution in [2.75, 3.05) is 0 Å². The molecule has 0 aliphatic carbocycles. The zero-order valence-electron chi connectivity index (χ0n) is 10.0. The molecule has 0 heterocycles. The van der Waals surface area contributed by atoms with Crippen LogP contribution in [0, 0.1) is 17.8 Å². The Labute approximate surface area is 84.4 Å². The quantitative estimate of drug-likeness (QED) is 0.524. The Bertz CT molecular complexity index is 131. The minimum atomic E-state index is 0.706. The van der Waals surface area contributed by atoms with E-state index in [1.54, 1.807) is 0 Å². The van der Waals surface area contributed by atoms with Crippen LogP contribution in [0.4, 0.5) is 0 Å². The Hall–Kier alpha value is -0.260. The molecule has 0 heteroatoms. The van der Waals surface area contributed by atoms with E-state index in [2.05, 4.69) is 46.8 Å². The Morgan fingerprint density at radius 2 is 1.54 bits per heavy atom. The van der Waals surface area contributed by atoms with Crippen LogP contribution < -0.4 is 0 Å². The molecule has 0 aromatic rings. The van der Waals surface area contributed by atoms with Gasteiger partial charge in [-0.15, -0.1) is 0 Å². The lowest BCUT2D eigenvalue weighted by atomic mass is 9.96. The first-order valence-electron chi connectivity index (χ1n) is 5.69. The molecule has 0 bridgehead atoms. The zero-order chi connectivity index (χ0) is 10.3. The predicted molar refractivity (Wildman–Crippen MR) is 61.8 cm³/mol. The summed E-state index contributed by atoms with van der Waals surface area (Å²) in [6.45, 7) is 11.4. The van der Waals surface area contributed by atoms with Crippen molar-refractivity contribution in [1.29, 1.82) is 0 Å². The molecule has 0 saturated heterocycles. The fourth-order valence-corrected chi connectivity index (χ4v) is 1.32. The van der Waals surface area contributed by atoms with Gasteiger partial charge in [0.05, 0.1) is 0 Å². The van der Waals surface area contributed by atoms with Crippen molar-refractivity contribution in [3.8, 4) is 0 Å². The first kappa shape index (κ1) is 12.7. The van der Waals surface area contributed by atoms with E-state index in [-0.39, 0.29) is 0 Å². The second-order valence-corrected chi connectivity index (χ2v) is 4.98. The van der Waals surface area contributed by atoms with Crippen LogP contribution in [0.25, 0.3) is 0 Å². The van der Waals surface area contributed by atoms with Gasteiger partial charge in [0.1, 0.15) is 0 Å². The molecule has 0 spiro atoms. The van der Waals surface area contributed by atoms with Gasteiger partial charge >= 0.3 is 0 Å². The van der Waals surface area contributed by atoms with E-state index in [0.29, 0.717) is 5.92 Å². The molecular formula is C13H26.